The molecule has 1 unspecified atom stereocenters. The summed E-state index contributed by atoms with van der Waals surface area (Å²) in [5.74, 6) is -0.937. The zero-order valence-corrected chi connectivity index (χ0v) is 15.7. The van der Waals surface area contributed by atoms with Gasteiger partial charge in [0.05, 0.1) is 15.5 Å². The van der Waals surface area contributed by atoms with Gasteiger partial charge in [0.15, 0.2) is 0 Å². The quantitative estimate of drug-likeness (QED) is 0.749. The van der Waals surface area contributed by atoms with E-state index in [9.17, 15) is 18.0 Å². The van der Waals surface area contributed by atoms with Gasteiger partial charge in [-0.25, -0.2) is 12.7 Å². The van der Waals surface area contributed by atoms with Crippen LogP contribution in [-0.4, -0.2) is 51.2 Å². The number of nitrogens with zero attached hydrogens (tertiary/aromatic N) is 1. The number of rotatable bonds is 7. The molecule has 0 aliphatic heterocycles. The molecule has 0 aliphatic carbocycles. The van der Waals surface area contributed by atoms with E-state index in [1.807, 2.05) is 6.92 Å². The molecule has 0 saturated carbocycles. The van der Waals surface area contributed by atoms with Crippen LogP contribution in [0.2, 0.25) is 5.02 Å². The van der Waals surface area contributed by atoms with Gasteiger partial charge in [0.2, 0.25) is 15.9 Å². The minimum absolute atomic E-state index is 0.00488. The summed E-state index contributed by atoms with van der Waals surface area (Å²) in [6.45, 7) is 3.97. The van der Waals surface area contributed by atoms with Gasteiger partial charge in [-0.05, 0) is 31.5 Å². The second kappa shape index (κ2) is 8.46. The molecule has 2 amide bonds. The Bertz CT molecular complexity index is 719. The van der Waals surface area contributed by atoms with E-state index in [2.05, 4.69) is 10.6 Å². The van der Waals surface area contributed by atoms with Crippen molar-refractivity contribution in [3.8, 4) is 0 Å². The van der Waals surface area contributed by atoms with Crippen molar-refractivity contribution in [1.29, 1.82) is 0 Å². The third-order valence-electron chi connectivity index (χ3n) is 3.25. The van der Waals surface area contributed by atoms with Crippen LogP contribution in [-0.2, 0) is 14.8 Å². The van der Waals surface area contributed by atoms with E-state index in [0.29, 0.717) is 6.54 Å². The minimum atomic E-state index is -3.69. The SMILES string of the molecule is CCCNC(=O)C(C)NC(=O)c1cc(S(=O)(=O)N(C)C)ccc1Cl. The second-order valence-corrected chi connectivity index (χ2v) is 7.97. The molecule has 134 valence electrons. The van der Waals surface area contributed by atoms with Gasteiger partial charge in [0.25, 0.3) is 5.91 Å². The first-order valence-corrected chi connectivity index (χ1v) is 9.23. The van der Waals surface area contributed by atoms with Crippen molar-refractivity contribution in [2.45, 2.75) is 31.2 Å². The highest BCUT2D eigenvalue weighted by Crippen LogP contribution is 2.22. The Balaban J connectivity index is 3.01. The molecule has 0 aromatic heterocycles. The Morgan fingerprint density at radius 3 is 2.46 bits per heavy atom. The summed E-state index contributed by atoms with van der Waals surface area (Å²) in [6, 6.07) is 3.10. The van der Waals surface area contributed by atoms with Gasteiger partial charge in [-0.2, -0.15) is 0 Å². The molecule has 1 rings (SSSR count). The predicted octanol–water partition coefficient (Wildman–Crippen LogP) is 1.23. The molecule has 7 nitrogen and oxygen atoms in total. The highest BCUT2D eigenvalue weighted by atomic mass is 35.5. The number of halogens is 1. The van der Waals surface area contributed by atoms with Crippen molar-refractivity contribution < 1.29 is 18.0 Å². The smallest absolute Gasteiger partial charge is 0.253 e. The van der Waals surface area contributed by atoms with Gasteiger partial charge >= 0.3 is 0 Å². The summed E-state index contributed by atoms with van der Waals surface area (Å²) in [4.78, 5) is 24.1. The van der Waals surface area contributed by atoms with Gasteiger partial charge < -0.3 is 10.6 Å². The molecule has 0 spiro atoms. The largest absolute Gasteiger partial charge is 0.354 e. The van der Waals surface area contributed by atoms with Crippen LogP contribution in [0.5, 0.6) is 0 Å². The van der Waals surface area contributed by atoms with Crippen LogP contribution in [0.25, 0.3) is 0 Å². The molecule has 9 heteroatoms. The lowest BCUT2D eigenvalue weighted by atomic mass is 10.2. The van der Waals surface area contributed by atoms with Crippen LogP contribution in [0.1, 0.15) is 30.6 Å². The number of benzene rings is 1. The summed E-state index contributed by atoms with van der Waals surface area (Å²) < 4.78 is 25.3. The molecule has 0 radical (unpaired) electrons. The molecule has 1 aromatic rings. The lowest BCUT2D eigenvalue weighted by Crippen LogP contribution is -2.45. The monoisotopic (exact) mass is 375 g/mol. The number of nitrogens with one attached hydrogen (secondary N) is 2. The van der Waals surface area contributed by atoms with Gasteiger partial charge in [-0.3, -0.25) is 9.59 Å². The molecule has 0 fully saturated rings. The average Bonchev–Trinajstić information content (AvgIpc) is 2.52. The molecule has 1 aromatic carbocycles. The number of hydrogen-bond acceptors (Lipinski definition) is 4. The molecule has 0 heterocycles. The van der Waals surface area contributed by atoms with Gasteiger partial charge in [-0.1, -0.05) is 18.5 Å². The molecule has 24 heavy (non-hydrogen) atoms. The fraction of sp³-hybridized carbons (Fsp3) is 0.467. The summed E-state index contributed by atoms with van der Waals surface area (Å²) in [7, 11) is -0.906. The number of sulfonamides is 1. The Labute approximate surface area is 147 Å². The molecule has 2 N–H and O–H groups in total. The van der Waals surface area contributed by atoms with Crippen LogP contribution in [0, 0.1) is 0 Å². The number of hydrogen-bond donors (Lipinski definition) is 2. The average molecular weight is 376 g/mol. The molecule has 0 aliphatic rings. The first-order valence-electron chi connectivity index (χ1n) is 7.42. The number of amides is 2. The second-order valence-electron chi connectivity index (χ2n) is 5.42. The van der Waals surface area contributed by atoms with E-state index < -0.39 is 22.0 Å². The zero-order chi connectivity index (χ0) is 18.5. The van der Waals surface area contributed by atoms with Crippen molar-refractivity contribution in [3.63, 3.8) is 0 Å². The molecule has 0 saturated heterocycles. The number of carbonyl (C=O) groups is 2. The van der Waals surface area contributed by atoms with Crippen LogP contribution >= 0.6 is 11.6 Å². The Morgan fingerprint density at radius 2 is 1.92 bits per heavy atom. The minimum Gasteiger partial charge on any atom is -0.354 e. The van der Waals surface area contributed by atoms with Crippen LogP contribution in [0.15, 0.2) is 23.1 Å². The molecule has 1 atom stereocenters. The van der Waals surface area contributed by atoms with Crippen LogP contribution in [0.3, 0.4) is 0 Å². The maximum absolute atomic E-state index is 12.3. The van der Waals surface area contributed by atoms with E-state index >= 15 is 0 Å². The van der Waals surface area contributed by atoms with Gasteiger partial charge in [0, 0.05) is 20.6 Å². The highest BCUT2D eigenvalue weighted by molar-refractivity contribution is 7.89. The van der Waals surface area contributed by atoms with E-state index in [-0.39, 0.29) is 21.4 Å². The van der Waals surface area contributed by atoms with E-state index in [0.717, 1.165) is 10.7 Å². The summed E-state index contributed by atoms with van der Waals surface area (Å²) in [6.07, 6.45) is 0.780. The van der Waals surface area contributed by atoms with Crippen molar-refractivity contribution in [1.82, 2.24) is 14.9 Å². The van der Waals surface area contributed by atoms with Crippen LogP contribution < -0.4 is 10.6 Å². The Hall–Kier alpha value is -1.64. The number of carbonyl (C=O) groups excluding carboxylic acids is 2. The van der Waals surface area contributed by atoms with Crippen molar-refractivity contribution in [2.75, 3.05) is 20.6 Å². The standard InChI is InChI=1S/C15H22ClN3O4S/c1-5-8-17-14(20)10(2)18-15(21)12-9-11(6-7-13(12)16)24(22,23)19(3)4/h6-7,9-10H,5,8H2,1-4H3,(H,17,20)(H,18,21). The lowest BCUT2D eigenvalue weighted by molar-refractivity contribution is -0.122. The fourth-order valence-electron chi connectivity index (χ4n) is 1.79. The normalized spacial score (nSPS) is 12.8. The third-order valence-corrected chi connectivity index (χ3v) is 5.39. The Kier molecular flexibility index (Phi) is 7.19. The van der Waals surface area contributed by atoms with Crippen molar-refractivity contribution >= 4 is 33.4 Å². The van der Waals surface area contributed by atoms with Gasteiger partial charge in [0.1, 0.15) is 6.04 Å². The maximum Gasteiger partial charge on any atom is 0.253 e. The highest BCUT2D eigenvalue weighted by Gasteiger charge is 2.22. The van der Waals surface area contributed by atoms with E-state index in [1.54, 1.807) is 0 Å². The van der Waals surface area contributed by atoms with E-state index in [1.165, 1.54) is 39.2 Å². The lowest BCUT2D eigenvalue weighted by Gasteiger charge is -2.16. The topological polar surface area (TPSA) is 95.6 Å². The first kappa shape index (κ1) is 20.4. The summed E-state index contributed by atoms with van der Waals surface area (Å²) >= 11 is 6.00. The molecule has 0 bridgehead atoms. The predicted molar refractivity (Wildman–Crippen MR) is 92.6 cm³/mol. The maximum atomic E-state index is 12.3. The van der Waals surface area contributed by atoms with Crippen molar-refractivity contribution in [2.24, 2.45) is 0 Å². The van der Waals surface area contributed by atoms with Crippen LogP contribution in [0.4, 0.5) is 0 Å². The summed E-state index contributed by atoms with van der Waals surface area (Å²) in [5, 5.41) is 5.28. The molecular formula is C15H22ClN3O4S. The van der Waals surface area contributed by atoms with Gasteiger partial charge in [-0.15, -0.1) is 0 Å². The van der Waals surface area contributed by atoms with Crippen molar-refractivity contribution in [3.05, 3.63) is 28.8 Å². The first-order chi connectivity index (χ1) is 11.1. The summed E-state index contributed by atoms with van der Waals surface area (Å²) in [5.41, 5.74) is -0.00488. The Morgan fingerprint density at radius 1 is 1.29 bits per heavy atom. The zero-order valence-electron chi connectivity index (χ0n) is 14.1. The molecular weight excluding hydrogens is 354 g/mol. The fourth-order valence-corrected chi connectivity index (χ4v) is 2.92. The van der Waals surface area contributed by atoms with E-state index in [4.69, 9.17) is 11.6 Å². The third kappa shape index (κ3) is 4.93.